The SMILES string of the molecule is CNCc1c(Cl)cccc1N(C)CCC(C)O. The van der Waals surface area contributed by atoms with Gasteiger partial charge in [-0.15, -0.1) is 0 Å². The van der Waals surface area contributed by atoms with Crippen molar-refractivity contribution in [3.05, 3.63) is 28.8 Å². The molecule has 96 valence electrons. The Bertz CT molecular complexity index is 355. The lowest BCUT2D eigenvalue weighted by atomic mass is 10.1. The number of nitrogens with one attached hydrogen (secondary N) is 1. The average molecular weight is 257 g/mol. The molecular formula is C13H21ClN2O. The van der Waals surface area contributed by atoms with Crippen LogP contribution in [0, 0.1) is 0 Å². The van der Waals surface area contributed by atoms with E-state index in [4.69, 9.17) is 11.6 Å². The molecule has 17 heavy (non-hydrogen) atoms. The van der Waals surface area contributed by atoms with E-state index in [1.165, 1.54) is 0 Å². The molecule has 1 aromatic carbocycles. The zero-order chi connectivity index (χ0) is 12.8. The Balaban J connectivity index is 2.84. The Labute approximate surface area is 108 Å². The minimum absolute atomic E-state index is 0.274. The number of aliphatic hydroxyl groups is 1. The molecule has 2 N–H and O–H groups in total. The summed E-state index contributed by atoms with van der Waals surface area (Å²) in [7, 11) is 3.93. The number of halogens is 1. The second-order valence-corrected chi connectivity index (χ2v) is 4.73. The van der Waals surface area contributed by atoms with Crippen LogP contribution in [-0.4, -0.2) is 31.9 Å². The summed E-state index contributed by atoms with van der Waals surface area (Å²) < 4.78 is 0. The summed E-state index contributed by atoms with van der Waals surface area (Å²) in [5.74, 6) is 0. The zero-order valence-corrected chi connectivity index (χ0v) is 11.5. The molecule has 0 aliphatic rings. The molecule has 0 heterocycles. The van der Waals surface area contributed by atoms with Gasteiger partial charge in [-0.3, -0.25) is 0 Å². The fraction of sp³-hybridized carbons (Fsp3) is 0.538. The molecule has 0 bridgehead atoms. The largest absolute Gasteiger partial charge is 0.393 e. The maximum Gasteiger partial charge on any atom is 0.0528 e. The summed E-state index contributed by atoms with van der Waals surface area (Å²) in [6, 6.07) is 5.91. The van der Waals surface area contributed by atoms with Gasteiger partial charge in [0.1, 0.15) is 0 Å². The third-order valence-electron chi connectivity index (χ3n) is 2.74. The van der Waals surface area contributed by atoms with Gasteiger partial charge in [0.2, 0.25) is 0 Å². The van der Waals surface area contributed by atoms with Gasteiger partial charge in [-0.05, 0) is 32.5 Å². The van der Waals surface area contributed by atoms with Crippen LogP contribution in [0.15, 0.2) is 18.2 Å². The van der Waals surface area contributed by atoms with Gasteiger partial charge in [0, 0.05) is 36.4 Å². The molecule has 1 atom stereocenters. The van der Waals surface area contributed by atoms with Crippen molar-refractivity contribution in [2.45, 2.75) is 26.0 Å². The highest BCUT2D eigenvalue weighted by molar-refractivity contribution is 6.31. The molecule has 0 fully saturated rings. The maximum atomic E-state index is 9.31. The van der Waals surface area contributed by atoms with E-state index in [1.807, 2.05) is 26.2 Å². The van der Waals surface area contributed by atoms with Crippen LogP contribution < -0.4 is 10.2 Å². The summed E-state index contributed by atoms with van der Waals surface area (Å²) in [5.41, 5.74) is 2.22. The lowest BCUT2D eigenvalue weighted by Gasteiger charge is -2.23. The predicted molar refractivity (Wildman–Crippen MR) is 73.8 cm³/mol. The Kier molecular flexibility index (Phi) is 5.75. The van der Waals surface area contributed by atoms with Crippen molar-refractivity contribution >= 4 is 17.3 Å². The molecule has 0 aliphatic carbocycles. The molecule has 0 spiro atoms. The van der Waals surface area contributed by atoms with Crippen LogP contribution in [-0.2, 0) is 6.54 Å². The van der Waals surface area contributed by atoms with Gasteiger partial charge in [0.15, 0.2) is 0 Å². The fourth-order valence-electron chi connectivity index (χ4n) is 1.76. The van der Waals surface area contributed by atoms with Gasteiger partial charge >= 0.3 is 0 Å². The van der Waals surface area contributed by atoms with Crippen LogP contribution in [0.2, 0.25) is 5.02 Å². The molecule has 0 saturated carbocycles. The number of anilines is 1. The lowest BCUT2D eigenvalue weighted by Crippen LogP contribution is -2.24. The smallest absolute Gasteiger partial charge is 0.0528 e. The first-order valence-electron chi connectivity index (χ1n) is 5.87. The van der Waals surface area contributed by atoms with Gasteiger partial charge < -0.3 is 15.3 Å². The summed E-state index contributed by atoms with van der Waals surface area (Å²) in [4.78, 5) is 2.13. The van der Waals surface area contributed by atoms with Crippen molar-refractivity contribution in [1.29, 1.82) is 0 Å². The minimum atomic E-state index is -0.274. The molecule has 1 rings (SSSR count). The molecule has 0 aromatic heterocycles. The first-order valence-corrected chi connectivity index (χ1v) is 6.25. The lowest BCUT2D eigenvalue weighted by molar-refractivity contribution is 0.187. The van der Waals surface area contributed by atoms with Crippen molar-refractivity contribution in [2.75, 3.05) is 25.5 Å². The monoisotopic (exact) mass is 256 g/mol. The van der Waals surface area contributed by atoms with Crippen molar-refractivity contribution in [2.24, 2.45) is 0 Å². The van der Waals surface area contributed by atoms with Crippen LogP contribution in [0.1, 0.15) is 18.9 Å². The van der Waals surface area contributed by atoms with Crippen molar-refractivity contribution < 1.29 is 5.11 Å². The van der Waals surface area contributed by atoms with E-state index in [2.05, 4.69) is 16.3 Å². The molecule has 0 aliphatic heterocycles. The number of nitrogens with zero attached hydrogens (tertiary/aromatic N) is 1. The molecule has 1 unspecified atom stereocenters. The number of hydrogen-bond donors (Lipinski definition) is 2. The second-order valence-electron chi connectivity index (χ2n) is 4.33. The second kappa shape index (κ2) is 6.84. The van der Waals surface area contributed by atoms with E-state index in [-0.39, 0.29) is 6.10 Å². The summed E-state index contributed by atoms with van der Waals surface area (Å²) in [6.07, 6.45) is 0.478. The highest BCUT2D eigenvalue weighted by atomic mass is 35.5. The maximum absolute atomic E-state index is 9.31. The summed E-state index contributed by atoms with van der Waals surface area (Å²) in [6.45, 7) is 3.36. The third kappa shape index (κ3) is 4.19. The fourth-order valence-corrected chi connectivity index (χ4v) is 1.99. The minimum Gasteiger partial charge on any atom is -0.393 e. The van der Waals surface area contributed by atoms with Gasteiger partial charge in [-0.2, -0.15) is 0 Å². The van der Waals surface area contributed by atoms with Gasteiger partial charge in [0.25, 0.3) is 0 Å². The van der Waals surface area contributed by atoms with Gasteiger partial charge in [-0.25, -0.2) is 0 Å². The van der Waals surface area contributed by atoms with Crippen molar-refractivity contribution in [3.8, 4) is 0 Å². The molecule has 0 amide bonds. The Morgan fingerprint density at radius 1 is 1.47 bits per heavy atom. The normalized spacial score (nSPS) is 12.5. The van der Waals surface area contributed by atoms with E-state index < -0.39 is 0 Å². The van der Waals surface area contributed by atoms with Crippen LogP contribution in [0.25, 0.3) is 0 Å². The van der Waals surface area contributed by atoms with Crippen molar-refractivity contribution in [3.63, 3.8) is 0 Å². The first kappa shape index (κ1) is 14.3. The Morgan fingerprint density at radius 2 is 2.18 bits per heavy atom. The standard InChI is InChI=1S/C13H21ClN2O/c1-10(17)7-8-16(3)13-6-4-5-12(14)11(13)9-15-2/h4-6,10,15,17H,7-9H2,1-3H3. The third-order valence-corrected chi connectivity index (χ3v) is 3.10. The number of rotatable bonds is 6. The molecule has 4 heteroatoms. The van der Waals surface area contributed by atoms with Crippen molar-refractivity contribution in [1.82, 2.24) is 5.32 Å². The molecule has 1 aromatic rings. The number of hydrogen-bond acceptors (Lipinski definition) is 3. The van der Waals surface area contributed by atoms with Gasteiger partial charge in [-0.1, -0.05) is 17.7 Å². The molecule has 0 saturated heterocycles. The van der Waals surface area contributed by atoms with Crippen LogP contribution >= 0.6 is 11.6 Å². The Morgan fingerprint density at radius 3 is 2.76 bits per heavy atom. The van der Waals surface area contributed by atoms with E-state index in [0.717, 1.165) is 35.8 Å². The Hall–Kier alpha value is -0.770. The zero-order valence-electron chi connectivity index (χ0n) is 10.7. The number of aliphatic hydroxyl groups excluding tert-OH is 1. The van der Waals surface area contributed by atoms with E-state index in [0.29, 0.717) is 0 Å². The van der Waals surface area contributed by atoms with Crippen LogP contribution in [0.3, 0.4) is 0 Å². The molecular weight excluding hydrogens is 236 g/mol. The van der Waals surface area contributed by atoms with Crippen LogP contribution in [0.5, 0.6) is 0 Å². The quantitative estimate of drug-likeness (QED) is 0.820. The number of benzene rings is 1. The highest BCUT2D eigenvalue weighted by Gasteiger charge is 2.10. The first-order chi connectivity index (χ1) is 8.06. The van der Waals surface area contributed by atoms with Crippen LogP contribution in [0.4, 0.5) is 5.69 Å². The van der Waals surface area contributed by atoms with E-state index >= 15 is 0 Å². The predicted octanol–water partition coefficient (Wildman–Crippen LogP) is 2.27. The molecule has 0 radical (unpaired) electrons. The molecule has 3 nitrogen and oxygen atoms in total. The van der Waals surface area contributed by atoms with Gasteiger partial charge in [0.05, 0.1) is 6.10 Å². The summed E-state index contributed by atoms with van der Waals surface area (Å²) in [5, 5.41) is 13.2. The summed E-state index contributed by atoms with van der Waals surface area (Å²) >= 11 is 6.20. The topological polar surface area (TPSA) is 35.5 Å². The average Bonchev–Trinajstić information content (AvgIpc) is 2.29. The van der Waals surface area contributed by atoms with E-state index in [1.54, 1.807) is 6.92 Å². The van der Waals surface area contributed by atoms with E-state index in [9.17, 15) is 5.11 Å². The highest BCUT2D eigenvalue weighted by Crippen LogP contribution is 2.26.